The first-order chi connectivity index (χ1) is 7.19. The number of aliphatic hydroxyl groups is 1. The van der Waals surface area contributed by atoms with Crippen molar-refractivity contribution in [3.8, 4) is 0 Å². The van der Waals surface area contributed by atoms with Crippen molar-refractivity contribution in [2.75, 3.05) is 13.1 Å². The van der Waals surface area contributed by atoms with Gasteiger partial charge in [-0.15, -0.1) is 0 Å². The van der Waals surface area contributed by atoms with Crippen LogP contribution >= 0.6 is 27.3 Å². The molecule has 1 atom stereocenters. The minimum absolute atomic E-state index is 0.610. The Morgan fingerprint density at radius 2 is 2.27 bits per heavy atom. The summed E-state index contributed by atoms with van der Waals surface area (Å²) in [5.41, 5.74) is 0.470. The van der Waals surface area contributed by atoms with Crippen LogP contribution in [0, 0.1) is 0 Å². The normalized spacial score (nSPS) is 32.4. The summed E-state index contributed by atoms with van der Waals surface area (Å²) >= 11 is 5.17. The average Bonchev–Trinajstić information content (AvgIpc) is 2.85. The zero-order valence-electron chi connectivity index (χ0n) is 8.45. The van der Waals surface area contributed by atoms with E-state index in [1.165, 1.54) is 12.8 Å². The Labute approximate surface area is 102 Å². The Morgan fingerprint density at radius 3 is 2.87 bits per heavy atom. The maximum Gasteiger partial charge on any atom is 0.105 e. The molecule has 2 heterocycles. The van der Waals surface area contributed by atoms with Crippen LogP contribution in [-0.2, 0) is 5.60 Å². The lowest BCUT2D eigenvalue weighted by Crippen LogP contribution is -2.31. The van der Waals surface area contributed by atoms with Gasteiger partial charge in [-0.05, 0) is 40.6 Å². The number of likely N-dealkylation sites (tertiary alicyclic amines) is 1. The highest BCUT2D eigenvalue weighted by Crippen LogP contribution is 2.41. The van der Waals surface area contributed by atoms with Gasteiger partial charge in [-0.2, -0.15) is 11.3 Å². The monoisotopic (exact) mass is 287 g/mol. The summed E-state index contributed by atoms with van der Waals surface area (Å²) in [4.78, 5) is 2.43. The average molecular weight is 288 g/mol. The van der Waals surface area contributed by atoms with Crippen LogP contribution in [0.1, 0.15) is 24.8 Å². The number of β-amino-alcohol motifs (C(OH)–C–C–N with tert-alkyl or cyclic N) is 1. The van der Waals surface area contributed by atoms with Crippen molar-refractivity contribution in [2.24, 2.45) is 0 Å². The first-order valence-corrected chi connectivity index (χ1v) is 7.11. The van der Waals surface area contributed by atoms with Gasteiger partial charge in [-0.25, -0.2) is 0 Å². The van der Waals surface area contributed by atoms with E-state index in [4.69, 9.17) is 0 Å². The lowest BCUT2D eigenvalue weighted by Gasteiger charge is -2.23. The molecule has 1 saturated heterocycles. The maximum atomic E-state index is 10.6. The van der Waals surface area contributed by atoms with Crippen LogP contribution in [0.2, 0.25) is 0 Å². The van der Waals surface area contributed by atoms with Crippen molar-refractivity contribution >= 4 is 27.3 Å². The van der Waals surface area contributed by atoms with E-state index in [-0.39, 0.29) is 0 Å². The van der Waals surface area contributed by atoms with E-state index in [0.29, 0.717) is 0 Å². The zero-order valence-corrected chi connectivity index (χ0v) is 10.9. The molecule has 1 N–H and O–H groups in total. The summed E-state index contributed by atoms with van der Waals surface area (Å²) in [7, 11) is 0. The second-order valence-electron chi connectivity index (χ2n) is 4.62. The van der Waals surface area contributed by atoms with Gasteiger partial charge in [0.1, 0.15) is 5.60 Å². The predicted octanol–water partition coefficient (Wildman–Crippen LogP) is 2.57. The van der Waals surface area contributed by atoms with Crippen LogP contribution in [0.25, 0.3) is 0 Å². The van der Waals surface area contributed by atoms with E-state index in [1.54, 1.807) is 11.3 Å². The first kappa shape index (κ1) is 10.3. The molecule has 1 saturated carbocycles. The highest BCUT2D eigenvalue weighted by Gasteiger charge is 2.43. The molecule has 0 aromatic carbocycles. The molecule has 0 amide bonds. The number of thiophene rings is 1. The number of halogens is 1. The summed E-state index contributed by atoms with van der Waals surface area (Å²) in [6.45, 7) is 1.86. The lowest BCUT2D eigenvalue weighted by atomic mass is 9.96. The van der Waals surface area contributed by atoms with Gasteiger partial charge in [0.05, 0.1) is 0 Å². The first-order valence-electron chi connectivity index (χ1n) is 5.38. The third-order valence-electron chi connectivity index (χ3n) is 3.46. The van der Waals surface area contributed by atoms with Gasteiger partial charge >= 0.3 is 0 Å². The van der Waals surface area contributed by atoms with Gasteiger partial charge < -0.3 is 5.11 Å². The van der Waals surface area contributed by atoms with Crippen molar-refractivity contribution in [2.45, 2.75) is 30.9 Å². The Morgan fingerprint density at radius 1 is 1.47 bits per heavy atom. The third-order valence-corrected chi connectivity index (χ3v) is 5.16. The number of hydrogen-bond acceptors (Lipinski definition) is 3. The summed E-state index contributed by atoms with van der Waals surface area (Å²) < 4.78 is 1.06. The minimum atomic E-state index is -0.610. The third kappa shape index (κ3) is 1.78. The molecular weight excluding hydrogens is 274 g/mol. The van der Waals surface area contributed by atoms with Crippen LogP contribution in [-0.4, -0.2) is 29.1 Å². The molecule has 0 bridgehead atoms. The molecule has 1 aromatic heterocycles. The van der Waals surface area contributed by atoms with Crippen LogP contribution in [0.3, 0.4) is 0 Å². The molecule has 4 heteroatoms. The predicted molar refractivity (Wildman–Crippen MR) is 65.1 cm³/mol. The fourth-order valence-electron chi connectivity index (χ4n) is 2.41. The molecule has 1 unspecified atom stereocenters. The Hall–Kier alpha value is 0.1000. The summed E-state index contributed by atoms with van der Waals surface area (Å²) in [5, 5.41) is 14.7. The molecule has 1 aliphatic carbocycles. The number of rotatable bonds is 2. The molecule has 15 heavy (non-hydrogen) atoms. The fourth-order valence-corrected chi connectivity index (χ4v) is 4.16. The lowest BCUT2D eigenvalue weighted by molar-refractivity contribution is 0.0449. The van der Waals surface area contributed by atoms with Crippen molar-refractivity contribution in [3.05, 3.63) is 20.8 Å². The molecular formula is C11H14BrNOS. The molecule has 1 aliphatic heterocycles. The topological polar surface area (TPSA) is 23.5 Å². The van der Waals surface area contributed by atoms with Crippen molar-refractivity contribution in [1.29, 1.82) is 0 Å². The SMILES string of the molecule is OC1(c2cscc2Br)CCN(C2CC2)C1. The standard InChI is InChI=1S/C11H14BrNOS/c12-10-6-15-5-9(10)11(14)3-4-13(7-11)8-1-2-8/h5-6,8,14H,1-4,7H2. The zero-order chi connectivity index (χ0) is 10.5. The smallest absolute Gasteiger partial charge is 0.105 e. The van der Waals surface area contributed by atoms with Gasteiger partial charge in [0.15, 0.2) is 0 Å². The van der Waals surface area contributed by atoms with E-state index in [1.807, 2.05) is 5.38 Å². The molecule has 1 aromatic rings. The van der Waals surface area contributed by atoms with Gasteiger partial charge in [-0.1, -0.05) is 0 Å². The molecule has 0 spiro atoms. The summed E-state index contributed by atoms with van der Waals surface area (Å²) in [5.74, 6) is 0. The Bertz CT molecular complexity index is 376. The van der Waals surface area contributed by atoms with E-state index >= 15 is 0 Å². The molecule has 2 aliphatic rings. The maximum absolute atomic E-state index is 10.6. The van der Waals surface area contributed by atoms with Crippen LogP contribution < -0.4 is 0 Å². The van der Waals surface area contributed by atoms with Crippen LogP contribution in [0.15, 0.2) is 15.2 Å². The minimum Gasteiger partial charge on any atom is -0.384 e. The van der Waals surface area contributed by atoms with E-state index < -0.39 is 5.60 Å². The number of nitrogens with zero attached hydrogens (tertiary/aromatic N) is 1. The van der Waals surface area contributed by atoms with Gasteiger partial charge in [-0.3, -0.25) is 4.90 Å². The van der Waals surface area contributed by atoms with Crippen LogP contribution in [0.5, 0.6) is 0 Å². The van der Waals surface area contributed by atoms with Crippen molar-refractivity contribution in [3.63, 3.8) is 0 Å². The Balaban J connectivity index is 1.83. The second-order valence-corrected chi connectivity index (χ2v) is 6.21. The second kappa shape index (κ2) is 3.55. The van der Waals surface area contributed by atoms with Crippen molar-refractivity contribution < 1.29 is 5.11 Å². The highest BCUT2D eigenvalue weighted by atomic mass is 79.9. The summed E-state index contributed by atoms with van der Waals surface area (Å²) in [6, 6.07) is 0.761. The van der Waals surface area contributed by atoms with E-state index in [9.17, 15) is 5.11 Å². The molecule has 3 rings (SSSR count). The summed E-state index contributed by atoms with van der Waals surface area (Å²) in [6.07, 6.45) is 3.51. The van der Waals surface area contributed by atoms with Gasteiger partial charge in [0.25, 0.3) is 0 Å². The fraction of sp³-hybridized carbons (Fsp3) is 0.636. The van der Waals surface area contributed by atoms with Crippen molar-refractivity contribution in [1.82, 2.24) is 4.90 Å². The molecule has 82 valence electrons. The Kier molecular flexibility index (Phi) is 2.43. The molecule has 2 nitrogen and oxygen atoms in total. The largest absolute Gasteiger partial charge is 0.384 e. The van der Waals surface area contributed by atoms with E-state index in [2.05, 4.69) is 26.2 Å². The quantitative estimate of drug-likeness (QED) is 0.904. The van der Waals surface area contributed by atoms with E-state index in [0.717, 1.165) is 35.6 Å². The van der Waals surface area contributed by atoms with Crippen LogP contribution in [0.4, 0.5) is 0 Å². The molecule has 2 fully saturated rings. The number of hydrogen-bond donors (Lipinski definition) is 1. The highest BCUT2D eigenvalue weighted by molar-refractivity contribution is 9.10. The van der Waals surface area contributed by atoms with Gasteiger partial charge in [0, 0.05) is 34.5 Å². The molecule has 0 radical (unpaired) electrons. The van der Waals surface area contributed by atoms with Gasteiger partial charge in [0.2, 0.25) is 0 Å².